The van der Waals surface area contributed by atoms with E-state index < -0.39 is 0 Å². The molecule has 32 heavy (non-hydrogen) atoms. The third-order valence-corrected chi connectivity index (χ3v) is 5.32. The van der Waals surface area contributed by atoms with E-state index in [0.29, 0.717) is 23.4 Å². The highest BCUT2D eigenvalue weighted by Crippen LogP contribution is 2.32. The summed E-state index contributed by atoms with van der Waals surface area (Å²) in [6, 6.07) is 24.7. The zero-order valence-corrected chi connectivity index (χ0v) is 18.6. The summed E-state index contributed by atoms with van der Waals surface area (Å²) in [6.45, 7) is 0. The van der Waals surface area contributed by atoms with Crippen molar-refractivity contribution in [3.63, 3.8) is 0 Å². The van der Waals surface area contributed by atoms with Crippen LogP contribution in [0.3, 0.4) is 0 Å². The molecule has 0 amide bonds. The van der Waals surface area contributed by atoms with E-state index in [9.17, 15) is 15.3 Å². The van der Waals surface area contributed by atoms with E-state index in [0.717, 1.165) is 16.7 Å². The number of benzene rings is 4. The van der Waals surface area contributed by atoms with Crippen LogP contribution in [-0.2, 0) is 12.8 Å². The molecule has 4 aromatic rings. The summed E-state index contributed by atoms with van der Waals surface area (Å²) in [5.41, 5.74) is 3.62. The Balaban J connectivity index is 0.000000181. The summed E-state index contributed by atoms with van der Waals surface area (Å²) < 4.78 is 0. The van der Waals surface area contributed by atoms with Crippen molar-refractivity contribution in [1.29, 1.82) is 0 Å². The summed E-state index contributed by atoms with van der Waals surface area (Å²) in [5.74, 6) is 0.133. The number of hydrogen-bond acceptors (Lipinski definition) is 4. The maximum absolute atomic E-state index is 9.66. The van der Waals surface area contributed by atoms with Gasteiger partial charge in [-0.05, 0) is 46.5 Å². The van der Waals surface area contributed by atoms with Gasteiger partial charge in [0.1, 0.15) is 23.0 Å². The van der Waals surface area contributed by atoms with Crippen molar-refractivity contribution in [3.05, 3.63) is 117 Å². The number of phenols is 4. The number of hydrogen-bond donors (Lipinski definition) is 4. The van der Waals surface area contributed by atoms with Crippen molar-refractivity contribution >= 4 is 23.2 Å². The molecule has 0 aliphatic heterocycles. The predicted molar refractivity (Wildman–Crippen MR) is 128 cm³/mol. The summed E-state index contributed by atoms with van der Waals surface area (Å²) >= 11 is 11.6. The summed E-state index contributed by atoms with van der Waals surface area (Å²) in [4.78, 5) is 0. The van der Waals surface area contributed by atoms with Crippen LogP contribution < -0.4 is 0 Å². The fourth-order valence-corrected chi connectivity index (χ4v) is 3.39. The van der Waals surface area contributed by atoms with Gasteiger partial charge in [0.2, 0.25) is 0 Å². The van der Waals surface area contributed by atoms with E-state index in [1.807, 2.05) is 54.6 Å². The molecule has 0 saturated carbocycles. The molecule has 4 rings (SSSR count). The first-order valence-electron chi connectivity index (χ1n) is 9.81. The molecule has 4 N–H and O–H groups in total. The topological polar surface area (TPSA) is 80.9 Å². The molecule has 0 spiro atoms. The Labute approximate surface area is 196 Å². The zero-order chi connectivity index (χ0) is 23.1. The van der Waals surface area contributed by atoms with Gasteiger partial charge in [0.25, 0.3) is 0 Å². The van der Waals surface area contributed by atoms with Gasteiger partial charge in [-0.15, -0.1) is 0 Å². The molecule has 0 radical (unpaired) electrons. The molecule has 0 atom stereocenters. The van der Waals surface area contributed by atoms with Crippen molar-refractivity contribution < 1.29 is 20.4 Å². The first-order chi connectivity index (χ1) is 15.3. The van der Waals surface area contributed by atoms with Gasteiger partial charge < -0.3 is 20.4 Å². The molecule has 0 fully saturated rings. The molecule has 0 aromatic heterocycles. The van der Waals surface area contributed by atoms with Gasteiger partial charge in [-0.25, -0.2) is 0 Å². The van der Waals surface area contributed by atoms with Crippen molar-refractivity contribution in [1.82, 2.24) is 0 Å². The van der Waals surface area contributed by atoms with Crippen LogP contribution in [0.5, 0.6) is 23.0 Å². The lowest BCUT2D eigenvalue weighted by molar-refractivity contribution is 0.446. The maximum atomic E-state index is 9.66. The van der Waals surface area contributed by atoms with Gasteiger partial charge in [0.05, 0.1) is 5.02 Å². The Kier molecular flexibility index (Phi) is 7.87. The molecule has 6 heteroatoms. The van der Waals surface area contributed by atoms with Gasteiger partial charge in [-0.3, -0.25) is 0 Å². The first kappa shape index (κ1) is 23.3. The Bertz CT molecular complexity index is 1180. The largest absolute Gasteiger partial charge is 0.508 e. The molecule has 4 nitrogen and oxygen atoms in total. The van der Waals surface area contributed by atoms with Crippen LogP contribution in [0.4, 0.5) is 0 Å². The van der Waals surface area contributed by atoms with Crippen LogP contribution in [0.15, 0.2) is 84.9 Å². The van der Waals surface area contributed by atoms with E-state index in [2.05, 4.69) is 0 Å². The average molecular weight is 469 g/mol. The fraction of sp³-hybridized carbons (Fsp3) is 0.0769. The Morgan fingerprint density at radius 2 is 1.12 bits per heavy atom. The van der Waals surface area contributed by atoms with Crippen LogP contribution in [0, 0.1) is 0 Å². The lowest BCUT2D eigenvalue weighted by Gasteiger charge is -2.06. The van der Waals surface area contributed by atoms with Crippen LogP contribution in [0.25, 0.3) is 0 Å². The predicted octanol–water partition coefficient (Wildman–Crippen LogP) is 6.68. The van der Waals surface area contributed by atoms with Gasteiger partial charge >= 0.3 is 0 Å². The SMILES string of the molecule is Oc1cc(O)c(Cc2ccccc2)cc1Cl.Oc1ccc(Cc2ccc(Cl)cc2)c(O)c1. The molecule has 0 saturated heterocycles. The number of aromatic hydroxyl groups is 4. The van der Waals surface area contributed by atoms with Crippen molar-refractivity contribution in [2.45, 2.75) is 12.8 Å². The Morgan fingerprint density at radius 1 is 0.531 bits per heavy atom. The lowest BCUT2D eigenvalue weighted by Crippen LogP contribution is -1.88. The molecule has 164 valence electrons. The van der Waals surface area contributed by atoms with Gasteiger partial charge in [0.15, 0.2) is 0 Å². The third kappa shape index (κ3) is 6.58. The van der Waals surface area contributed by atoms with Gasteiger partial charge in [-0.2, -0.15) is 0 Å². The van der Waals surface area contributed by atoms with Gasteiger partial charge in [0, 0.05) is 30.0 Å². The minimum atomic E-state index is -0.101. The molecule has 0 aliphatic carbocycles. The Hall–Kier alpha value is -3.34. The monoisotopic (exact) mass is 468 g/mol. The first-order valence-corrected chi connectivity index (χ1v) is 10.6. The summed E-state index contributed by atoms with van der Waals surface area (Å²) in [7, 11) is 0. The molecule has 0 aliphatic rings. The maximum Gasteiger partial charge on any atom is 0.137 e. The second kappa shape index (κ2) is 10.8. The van der Waals surface area contributed by atoms with Crippen molar-refractivity contribution in [2.24, 2.45) is 0 Å². The van der Waals surface area contributed by atoms with Crippen LogP contribution in [0.1, 0.15) is 22.3 Å². The standard InChI is InChI=1S/2C13H11ClO2/c14-11-4-1-9(2-5-11)7-10-3-6-12(15)8-13(10)16;14-11-7-10(12(15)8-13(11)16)6-9-4-2-1-3-5-9/h1-6,8,15-16H,7H2;1-5,7-8,15-16H,6H2. The van der Waals surface area contributed by atoms with Crippen LogP contribution in [-0.4, -0.2) is 20.4 Å². The smallest absolute Gasteiger partial charge is 0.137 e. The van der Waals surface area contributed by atoms with E-state index in [-0.39, 0.29) is 28.0 Å². The van der Waals surface area contributed by atoms with E-state index in [1.54, 1.807) is 18.2 Å². The fourth-order valence-electron chi connectivity index (χ4n) is 3.07. The highest BCUT2D eigenvalue weighted by Gasteiger charge is 2.07. The molecule has 0 unspecified atom stereocenters. The van der Waals surface area contributed by atoms with Crippen molar-refractivity contribution in [2.75, 3.05) is 0 Å². The quantitative estimate of drug-likeness (QED) is 0.269. The molecule has 0 heterocycles. The number of halogens is 2. The highest BCUT2D eigenvalue weighted by molar-refractivity contribution is 6.32. The van der Waals surface area contributed by atoms with Crippen molar-refractivity contribution in [3.8, 4) is 23.0 Å². The molecule has 0 bridgehead atoms. The zero-order valence-electron chi connectivity index (χ0n) is 17.0. The van der Waals surface area contributed by atoms with Crippen LogP contribution in [0.2, 0.25) is 10.0 Å². The minimum Gasteiger partial charge on any atom is -0.508 e. The Morgan fingerprint density at radius 3 is 1.78 bits per heavy atom. The normalized spacial score (nSPS) is 10.3. The average Bonchev–Trinajstić information content (AvgIpc) is 2.77. The van der Waals surface area contributed by atoms with Crippen LogP contribution >= 0.6 is 23.2 Å². The molecular weight excluding hydrogens is 447 g/mol. The van der Waals surface area contributed by atoms with E-state index >= 15 is 0 Å². The second-order valence-electron chi connectivity index (χ2n) is 7.21. The van der Waals surface area contributed by atoms with E-state index in [4.69, 9.17) is 28.3 Å². The third-order valence-electron chi connectivity index (χ3n) is 4.76. The van der Waals surface area contributed by atoms with E-state index in [1.165, 1.54) is 12.1 Å². The highest BCUT2D eigenvalue weighted by atomic mass is 35.5. The summed E-state index contributed by atoms with van der Waals surface area (Å²) in [6.07, 6.45) is 1.20. The number of rotatable bonds is 4. The second-order valence-corrected chi connectivity index (χ2v) is 8.05. The molecule has 4 aromatic carbocycles. The molecular formula is C26H22Cl2O4. The lowest BCUT2D eigenvalue weighted by atomic mass is 10.0. The van der Waals surface area contributed by atoms with Gasteiger partial charge in [-0.1, -0.05) is 71.7 Å². The number of phenolic OH excluding ortho intramolecular Hbond substituents is 4. The summed E-state index contributed by atoms with van der Waals surface area (Å²) in [5, 5.41) is 38.7. The minimum absolute atomic E-state index is 0.0609.